The minimum atomic E-state index is -0.183. The lowest BCUT2D eigenvalue weighted by Gasteiger charge is -2.17. The predicted molar refractivity (Wildman–Crippen MR) is 62.0 cm³/mol. The number of halogens is 1. The smallest absolute Gasteiger partial charge is 0.131 e. The Hall–Kier alpha value is -1.09. The van der Waals surface area contributed by atoms with Gasteiger partial charge in [0.25, 0.3) is 0 Å². The van der Waals surface area contributed by atoms with Crippen molar-refractivity contribution in [3.8, 4) is 5.75 Å². The molecule has 0 radical (unpaired) electrons. The van der Waals surface area contributed by atoms with Gasteiger partial charge in [0.15, 0.2) is 0 Å². The molecule has 1 aliphatic rings. The van der Waals surface area contributed by atoms with Crippen molar-refractivity contribution >= 4 is 0 Å². The van der Waals surface area contributed by atoms with E-state index in [1.807, 2.05) is 19.2 Å². The van der Waals surface area contributed by atoms with E-state index in [2.05, 4.69) is 12.2 Å². The summed E-state index contributed by atoms with van der Waals surface area (Å²) in [6, 6.07) is 5.21. The van der Waals surface area contributed by atoms with Crippen LogP contribution >= 0.6 is 0 Å². The van der Waals surface area contributed by atoms with Crippen LogP contribution < -0.4 is 10.1 Å². The average molecular weight is 223 g/mol. The first-order valence-corrected chi connectivity index (χ1v) is 5.68. The SMILES string of the molecule is CNC(c1ccc(OC)cc1F)C1CC1C. The first-order valence-electron chi connectivity index (χ1n) is 5.68. The fraction of sp³-hybridized carbons (Fsp3) is 0.538. The number of hydrogen-bond acceptors (Lipinski definition) is 2. The van der Waals surface area contributed by atoms with Crippen molar-refractivity contribution in [2.45, 2.75) is 19.4 Å². The molecule has 0 spiro atoms. The molecule has 2 nitrogen and oxygen atoms in total. The van der Waals surface area contributed by atoms with Crippen LogP contribution in [0.1, 0.15) is 24.9 Å². The lowest BCUT2D eigenvalue weighted by atomic mass is 10.0. The lowest BCUT2D eigenvalue weighted by molar-refractivity contribution is 0.408. The van der Waals surface area contributed by atoms with Crippen molar-refractivity contribution in [1.82, 2.24) is 5.32 Å². The summed E-state index contributed by atoms with van der Waals surface area (Å²) in [5, 5.41) is 3.21. The minimum absolute atomic E-state index is 0.126. The molecule has 3 unspecified atom stereocenters. The van der Waals surface area contributed by atoms with E-state index in [1.54, 1.807) is 7.11 Å². The summed E-state index contributed by atoms with van der Waals surface area (Å²) in [6.45, 7) is 2.20. The van der Waals surface area contributed by atoms with Crippen LogP contribution in [0.25, 0.3) is 0 Å². The summed E-state index contributed by atoms with van der Waals surface area (Å²) in [4.78, 5) is 0. The van der Waals surface area contributed by atoms with Gasteiger partial charge < -0.3 is 10.1 Å². The fourth-order valence-electron chi connectivity index (χ4n) is 2.30. The van der Waals surface area contributed by atoms with Crippen molar-refractivity contribution in [3.05, 3.63) is 29.6 Å². The number of benzene rings is 1. The third-order valence-corrected chi connectivity index (χ3v) is 3.45. The molecular formula is C13H18FNO. The van der Waals surface area contributed by atoms with Crippen LogP contribution in [0.3, 0.4) is 0 Å². The lowest BCUT2D eigenvalue weighted by Crippen LogP contribution is -2.20. The van der Waals surface area contributed by atoms with Crippen LogP contribution in [0.2, 0.25) is 0 Å². The maximum absolute atomic E-state index is 13.9. The average Bonchev–Trinajstić information content (AvgIpc) is 2.99. The van der Waals surface area contributed by atoms with Crippen LogP contribution in [0.4, 0.5) is 4.39 Å². The summed E-state index contributed by atoms with van der Waals surface area (Å²) >= 11 is 0. The maximum Gasteiger partial charge on any atom is 0.131 e. The first kappa shape index (κ1) is 11.4. The fourth-order valence-corrected chi connectivity index (χ4v) is 2.30. The molecule has 0 saturated heterocycles. The van der Waals surface area contributed by atoms with Gasteiger partial charge in [0, 0.05) is 17.7 Å². The number of methoxy groups -OCH3 is 1. The van der Waals surface area contributed by atoms with Crippen LogP contribution in [-0.2, 0) is 0 Å². The molecule has 3 heteroatoms. The monoisotopic (exact) mass is 223 g/mol. The standard InChI is InChI=1S/C13H18FNO/c1-8-6-11(8)13(15-2)10-5-4-9(16-3)7-12(10)14/h4-5,7-8,11,13,15H,6H2,1-3H3. The van der Waals surface area contributed by atoms with Crippen LogP contribution in [0.15, 0.2) is 18.2 Å². The second kappa shape index (κ2) is 4.42. The van der Waals surface area contributed by atoms with Gasteiger partial charge in [-0.15, -0.1) is 0 Å². The highest BCUT2D eigenvalue weighted by Gasteiger charge is 2.40. The van der Waals surface area contributed by atoms with Crippen molar-refractivity contribution in [1.29, 1.82) is 0 Å². The van der Waals surface area contributed by atoms with Crippen molar-refractivity contribution < 1.29 is 9.13 Å². The normalized spacial score (nSPS) is 25.2. The van der Waals surface area contributed by atoms with Crippen LogP contribution in [0, 0.1) is 17.7 Å². The van der Waals surface area contributed by atoms with Gasteiger partial charge >= 0.3 is 0 Å². The van der Waals surface area contributed by atoms with Gasteiger partial charge in [0.1, 0.15) is 11.6 Å². The largest absolute Gasteiger partial charge is 0.497 e. The van der Waals surface area contributed by atoms with Gasteiger partial charge in [0.05, 0.1) is 7.11 Å². The summed E-state index contributed by atoms with van der Waals surface area (Å²) in [5.41, 5.74) is 0.748. The van der Waals surface area contributed by atoms with Crippen molar-refractivity contribution in [3.63, 3.8) is 0 Å². The zero-order valence-electron chi connectivity index (χ0n) is 9.96. The number of rotatable bonds is 4. The molecule has 0 amide bonds. The van der Waals surface area contributed by atoms with E-state index in [0.717, 1.165) is 5.56 Å². The molecule has 0 heterocycles. The Bertz CT molecular complexity index is 380. The Kier molecular flexibility index (Phi) is 3.15. The highest BCUT2D eigenvalue weighted by atomic mass is 19.1. The third kappa shape index (κ3) is 2.05. The van der Waals surface area contributed by atoms with E-state index >= 15 is 0 Å². The molecule has 1 N–H and O–H groups in total. The second-order valence-corrected chi connectivity index (χ2v) is 4.53. The minimum Gasteiger partial charge on any atom is -0.497 e. The molecule has 2 rings (SSSR count). The number of hydrogen-bond donors (Lipinski definition) is 1. The maximum atomic E-state index is 13.9. The van der Waals surface area contributed by atoms with Crippen LogP contribution in [-0.4, -0.2) is 14.2 Å². The quantitative estimate of drug-likeness (QED) is 0.847. The topological polar surface area (TPSA) is 21.3 Å². The Balaban J connectivity index is 2.24. The Labute approximate surface area is 95.8 Å². The zero-order valence-corrected chi connectivity index (χ0v) is 9.96. The molecule has 1 aromatic carbocycles. The predicted octanol–water partition coefficient (Wildman–Crippen LogP) is 2.75. The van der Waals surface area contributed by atoms with Crippen LogP contribution in [0.5, 0.6) is 5.75 Å². The molecule has 0 aromatic heterocycles. The second-order valence-electron chi connectivity index (χ2n) is 4.53. The summed E-state index contributed by atoms with van der Waals surface area (Å²) in [6.07, 6.45) is 1.18. The van der Waals surface area contributed by atoms with Gasteiger partial charge in [-0.05, 0) is 31.4 Å². The summed E-state index contributed by atoms with van der Waals surface area (Å²) in [7, 11) is 3.44. The van der Waals surface area contributed by atoms with E-state index in [0.29, 0.717) is 17.6 Å². The molecular weight excluding hydrogens is 205 g/mol. The highest BCUT2D eigenvalue weighted by molar-refractivity contribution is 5.32. The molecule has 88 valence electrons. The molecule has 3 atom stereocenters. The van der Waals surface area contributed by atoms with Gasteiger partial charge in [0.2, 0.25) is 0 Å². The Morgan fingerprint density at radius 2 is 2.19 bits per heavy atom. The molecule has 1 aliphatic carbocycles. The van der Waals surface area contributed by atoms with Gasteiger partial charge in [-0.1, -0.05) is 13.0 Å². The molecule has 1 fully saturated rings. The van der Waals surface area contributed by atoms with E-state index in [1.165, 1.54) is 12.5 Å². The Morgan fingerprint density at radius 3 is 2.62 bits per heavy atom. The van der Waals surface area contributed by atoms with Gasteiger partial charge in [-0.3, -0.25) is 0 Å². The molecule has 0 bridgehead atoms. The first-order chi connectivity index (χ1) is 7.67. The van der Waals surface area contributed by atoms with E-state index in [9.17, 15) is 4.39 Å². The number of ether oxygens (including phenoxy) is 1. The summed E-state index contributed by atoms with van der Waals surface area (Å²) < 4.78 is 18.9. The van der Waals surface area contributed by atoms with Crippen molar-refractivity contribution in [2.75, 3.05) is 14.2 Å². The van der Waals surface area contributed by atoms with E-state index in [4.69, 9.17) is 4.74 Å². The molecule has 1 aromatic rings. The molecule has 0 aliphatic heterocycles. The summed E-state index contributed by atoms with van der Waals surface area (Å²) in [5.74, 6) is 1.64. The van der Waals surface area contributed by atoms with E-state index < -0.39 is 0 Å². The molecule has 16 heavy (non-hydrogen) atoms. The van der Waals surface area contributed by atoms with Crippen molar-refractivity contribution in [2.24, 2.45) is 11.8 Å². The molecule has 1 saturated carbocycles. The third-order valence-electron chi connectivity index (χ3n) is 3.45. The number of nitrogens with one attached hydrogen (secondary N) is 1. The highest BCUT2D eigenvalue weighted by Crippen LogP contribution is 2.47. The Morgan fingerprint density at radius 1 is 1.50 bits per heavy atom. The van der Waals surface area contributed by atoms with Gasteiger partial charge in [-0.2, -0.15) is 0 Å². The van der Waals surface area contributed by atoms with E-state index in [-0.39, 0.29) is 11.9 Å². The van der Waals surface area contributed by atoms with Gasteiger partial charge in [-0.25, -0.2) is 4.39 Å². The zero-order chi connectivity index (χ0) is 11.7.